The highest BCUT2D eigenvalue weighted by Crippen LogP contribution is 2.52. The summed E-state index contributed by atoms with van der Waals surface area (Å²) in [4.78, 5) is 14.3. The standard InChI is InChI=1S/C18H27NO3/c1-5-19(10-18(3,4)21)17(20)14-9-13(14)16-7-6-15(22-16)12-8-11(12)2/h6-7,11-14,21H,5,8-10H2,1-4H3. The maximum Gasteiger partial charge on any atom is 0.226 e. The molecule has 0 bridgehead atoms. The highest BCUT2D eigenvalue weighted by atomic mass is 16.3. The first-order valence-electron chi connectivity index (χ1n) is 8.41. The summed E-state index contributed by atoms with van der Waals surface area (Å²) in [5.41, 5.74) is -0.851. The van der Waals surface area contributed by atoms with Crippen LogP contribution in [0.3, 0.4) is 0 Å². The van der Waals surface area contributed by atoms with Gasteiger partial charge in [-0.2, -0.15) is 0 Å². The molecule has 4 atom stereocenters. The van der Waals surface area contributed by atoms with Gasteiger partial charge < -0.3 is 14.4 Å². The van der Waals surface area contributed by atoms with E-state index in [0.717, 1.165) is 23.9 Å². The molecule has 2 saturated carbocycles. The van der Waals surface area contributed by atoms with Crippen LogP contribution in [0.15, 0.2) is 16.5 Å². The third-order valence-electron chi connectivity index (χ3n) is 4.87. The third-order valence-corrected chi connectivity index (χ3v) is 4.87. The Kier molecular flexibility index (Phi) is 3.84. The Labute approximate surface area is 132 Å². The number of hydrogen-bond acceptors (Lipinski definition) is 3. The maximum absolute atomic E-state index is 12.6. The van der Waals surface area contributed by atoms with Crippen LogP contribution in [0.1, 0.15) is 63.9 Å². The number of hydrogen-bond donors (Lipinski definition) is 1. The molecule has 3 rings (SSSR count). The van der Waals surface area contributed by atoms with E-state index in [1.165, 1.54) is 6.42 Å². The fourth-order valence-corrected chi connectivity index (χ4v) is 3.32. The monoisotopic (exact) mass is 305 g/mol. The summed E-state index contributed by atoms with van der Waals surface area (Å²) in [6, 6.07) is 4.13. The van der Waals surface area contributed by atoms with E-state index in [1.807, 2.05) is 13.0 Å². The van der Waals surface area contributed by atoms with E-state index in [2.05, 4.69) is 13.0 Å². The number of aliphatic hydroxyl groups is 1. The zero-order valence-electron chi connectivity index (χ0n) is 14.0. The van der Waals surface area contributed by atoms with Crippen molar-refractivity contribution >= 4 is 5.91 Å². The predicted molar refractivity (Wildman–Crippen MR) is 84.6 cm³/mol. The number of likely N-dealkylation sites (N-methyl/N-ethyl adjacent to an activating group) is 1. The van der Waals surface area contributed by atoms with Crippen molar-refractivity contribution in [2.45, 2.75) is 58.0 Å². The average molecular weight is 305 g/mol. The van der Waals surface area contributed by atoms with Gasteiger partial charge in [0.1, 0.15) is 11.5 Å². The lowest BCUT2D eigenvalue weighted by atomic mass is 10.1. The molecule has 2 fully saturated rings. The van der Waals surface area contributed by atoms with Crippen molar-refractivity contribution in [1.29, 1.82) is 0 Å². The van der Waals surface area contributed by atoms with Crippen molar-refractivity contribution < 1.29 is 14.3 Å². The average Bonchev–Trinajstić information content (AvgIpc) is 3.33. The van der Waals surface area contributed by atoms with Crippen molar-refractivity contribution in [2.75, 3.05) is 13.1 Å². The van der Waals surface area contributed by atoms with Gasteiger partial charge in [0.15, 0.2) is 0 Å². The van der Waals surface area contributed by atoms with Crippen molar-refractivity contribution in [3.63, 3.8) is 0 Å². The first-order valence-corrected chi connectivity index (χ1v) is 8.41. The Morgan fingerprint density at radius 1 is 1.32 bits per heavy atom. The van der Waals surface area contributed by atoms with Gasteiger partial charge in [0.05, 0.1) is 5.60 Å². The third kappa shape index (κ3) is 3.22. The molecule has 0 aromatic carbocycles. The first-order chi connectivity index (χ1) is 10.3. The minimum absolute atomic E-state index is 0.0259. The van der Waals surface area contributed by atoms with Gasteiger partial charge in [-0.15, -0.1) is 0 Å². The molecular weight excluding hydrogens is 278 g/mol. The van der Waals surface area contributed by atoms with Crippen LogP contribution in [0.5, 0.6) is 0 Å². The van der Waals surface area contributed by atoms with Crippen molar-refractivity contribution in [1.82, 2.24) is 4.90 Å². The van der Waals surface area contributed by atoms with Crippen LogP contribution in [0.25, 0.3) is 0 Å². The molecule has 1 aromatic heterocycles. The molecule has 4 heteroatoms. The molecule has 1 N–H and O–H groups in total. The molecule has 4 nitrogen and oxygen atoms in total. The van der Waals surface area contributed by atoms with Gasteiger partial charge in [-0.3, -0.25) is 4.79 Å². The summed E-state index contributed by atoms with van der Waals surface area (Å²) < 4.78 is 5.98. The van der Waals surface area contributed by atoms with Gasteiger partial charge in [0.2, 0.25) is 5.91 Å². The van der Waals surface area contributed by atoms with E-state index < -0.39 is 5.60 Å². The van der Waals surface area contributed by atoms with Gasteiger partial charge in [-0.05, 0) is 51.7 Å². The smallest absolute Gasteiger partial charge is 0.226 e. The van der Waals surface area contributed by atoms with Crippen LogP contribution in [0.2, 0.25) is 0 Å². The van der Waals surface area contributed by atoms with Gasteiger partial charge >= 0.3 is 0 Å². The number of rotatable bonds is 6. The van der Waals surface area contributed by atoms with E-state index in [4.69, 9.17) is 4.42 Å². The first kappa shape index (κ1) is 15.6. The molecular formula is C18H27NO3. The van der Waals surface area contributed by atoms with Crippen LogP contribution in [0, 0.1) is 11.8 Å². The quantitative estimate of drug-likeness (QED) is 0.878. The minimum Gasteiger partial charge on any atom is -0.465 e. The fraction of sp³-hybridized carbons (Fsp3) is 0.722. The molecule has 0 radical (unpaired) electrons. The predicted octanol–water partition coefficient (Wildman–Crippen LogP) is 3.13. The number of nitrogens with zero attached hydrogens (tertiary/aromatic N) is 1. The molecule has 1 amide bonds. The van der Waals surface area contributed by atoms with Crippen molar-refractivity contribution in [3.05, 3.63) is 23.7 Å². The second kappa shape index (κ2) is 5.41. The zero-order chi connectivity index (χ0) is 16.1. The number of furan rings is 1. The minimum atomic E-state index is -0.851. The van der Waals surface area contributed by atoms with Crippen LogP contribution in [0.4, 0.5) is 0 Å². The molecule has 1 aromatic rings. The van der Waals surface area contributed by atoms with Crippen LogP contribution in [-0.2, 0) is 4.79 Å². The summed E-state index contributed by atoms with van der Waals surface area (Å²) in [6.07, 6.45) is 2.09. The lowest BCUT2D eigenvalue weighted by Crippen LogP contribution is -2.42. The molecule has 1 heterocycles. The molecule has 0 aliphatic heterocycles. The lowest BCUT2D eigenvalue weighted by molar-refractivity contribution is -0.135. The van der Waals surface area contributed by atoms with Gasteiger partial charge in [-0.1, -0.05) is 6.92 Å². The molecule has 22 heavy (non-hydrogen) atoms. The molecule has 2 aliphatic carbocycles. The van der Waals surface area contributed by atoms with Gasteiger partial charge in [0, 0.05) is 30.8 Å². The summed E-state index contributed by atoms with van der Waals surface area (Å²) in [5, 5.41) is 9.94. The van der Waals surface area contributed by atoms with Gasteiger partial charge in [0.25, 0.3) is 0 Å². The number of carbonyl (C=O) groups excluding carboxylic acids is 1. The number of amides is 1. The van der Waals surface area contributed by atoms with Crippen LogP contribution in [-0.4, -0.2) is 34.6 Å². The summed E-state index contributed by atoms with van der Waals surface area (Å²) in [6.45, 7) is 8.70. The van der Waals surface area contributed by atoms with Crippen molar-refractivity contribution in [2.24, 2.45) is 11.8 Å². The Balaban J connectivity index is 1.61. The topological polar surface area (TPSA) is 53.7 Å². The van der Waals surface area contributed by atoms with E-state index in [1.54, 1.807) is 18.7 Å². The number of carbonyl (C=O) groups is 1. The van der Waals surface area contributed by atoms with E-state index in [0.29, 0.717) is 19.0 Å². The van der Waals surface area contributed by atoms with Crippen molar-refractivity contribution in [3.8, 4) is 0 Å². The van der Waals surface area contributed by atoms with E-state index in [-0.39, 0.29) is 17.7 Å². The second-order valence-electron chi connectivity index (χ2n) is 7.67. The van der Waals surface area contributed by atoms with Gasteiger partial charge in [-0.25, -0.2) is 0 Å². The molecule has 2 aliphatic rings. The Morgan fingerprint density at radius 2 is 1.91 bits per heavy atom. The SMILES string of the molecule is CCN(CC(C)(C)O)C(=O)C1CC1c1ccc(C2CC2C)o1. The fourth-order valence-electron chi connectivity index (χ4n) is 3.32. The zero-order valence-corrected chi connectivity index (χ0v) is 14.0. The van der Waals surface area contributed by atoms with E-state index >= 15 is 0 Å². The largest absolute Gasteiger partial charge is 0.465 e. The summed E-state index contributed by atoms with van der Waals surface area (Å²) >= 11 is 0. The summed E-state index contributed by atoms with van der Waals surface area (Å²) in [5.74, 6) is 3.77. The molecule has 0 saturated heterocycles. The molecule has 122 valence electrons. The molecule has 4 unspecified atom stereocenters. The molecule has 0 spiro atoms. The lowest BCUT2D eigenvalue weighted by Gasteiger charge is -2.28. The highest BCUT2D eigenvalue weighted by Gasteiger charge is 2.48. The Bertz CT molecular complexity index is 557. The summed E-state index contributed by atoms with van der Waals surface area (Å²) in [7, 11) is 0. The van der Waals surface area contributed by atoms with E-state index in [9.17, 15) is 9.90 Å². The highest BCUT2D eigenvalue weighted by molar-refractivity contribution is 5.82. The van der Waals surface area contributed by atoms with Crippen LogP contribution < -0.4 is 0 Å². The maximum atomic E-state index is 12.6. The Hall–Kier alpha value is -1.29. The second-order valence-corrected chi connectivity index (χ2v) is 7.67. The Morgan fingerprint density at radius 3 is 2.41 bits per heavy atom. The van der Waals surface area contributed by atoms with Crippen LogP contribution >= 0.6 is 0 Å². The normalized spacial score (nSPS) is 30.2.